The number of carboxylic acids is 1. The molecular formula is C17H31N7O8. The van der Waals surface area contributed by atoms with Crippen LogP contribution in [-0.4, -0.2) is 83.0 Å². The maximum absolute atomic E-state index is 12.5. The van der Waals surface area contributed by atoms with Gasteiger partial charge in [0.2, 0.25) is 29.5 Å². The lowest BCUT2D eigenvalue weighted by Crippen LogP contribution is -2.58. The minimum absolute atomic E-state index is 0.0719. The van der Waals surface area contributed by atoms with Gasteiger partial charge in [0, 0.05) is 0 Å². The number of nitrogens with one attached hydrogen (secondary N) is 3. The van der Waals surface area contributed by atoms with Gasteiger partial charge in [-0.25, -0.2) is 4.79 Å². The lowest BCUT2D eigenvalue weighted by molar-refractivity contribution is -0.143. The van der Waals surface area contributed by atoms with Gasteiger partial charge in [-0.3, -0.25) is 24.0 Å². The normalized spacial score (nSPS) is 14.3. The molecule has 32 heavy (non-hydrogen) atoms. The van der Waals surface area contributed by atoms with Gasteiger partial charge in [-0.15, -0.1) is 0 Å². The SMILES string of the molecule is NCCCCC(NC(=O)C(CO)NC(=O)C(CC(N)=O)NC(=O)C(N)CC(N)=O)C(=O)O. The maximum atomic E-state index is 12.5. The minimum atomic E-state index is -1.59. The van der Waals surface area contributed by atoms with E-state index in [0.717, 1.165) is 0 Å². The van der Waals surface area contributed by atoms with Crippen LogP contribution < -0.4 is 38.9 Å². The van der Waals surface area contributed by atoms with Gasteiger partial charge >= 0.3 is 5.97 Å². The largest absolute Gasteiger partial charge is 0.480 e. The topological polar surface area (TPSA) is 283 Å². The zero-order chi connectivity index (χ0) is 24.8. The van der Waals surface area contributed by atoms with Gasteiger partial charge in [0.25, 0.3) is 0 Å². The van der Waals surface area contributed by atoms with Gasteiger partial charge in [-0.05, 0) is 25.8 Å². The van der Waals surface area contributed by atoms with Gasteiger partial charge in [0.05, 0.1) is 25.5 Å². The van der Waals surface area contributed by atoms with Crippen molar-refractivity contribution in [2.75, 3.05) is 13.2 Å². The molecule has 0 aliphatic heterocycles. The van der Waals surface area contributed by atoms with Crippen molar-refractivity contribution in [3.8, 4) is 0 Å². The summed E-state index contributed by atoms with van der Waals surface area (Å²) in [5.74, 6) is -6.24. The smallest absolute Gasteiger partial charge is 0.326 e. The van der Waals surface area contributed by atoms with E-state index in [2.05, 4.69) is 16.0 Å². The Morgan fingerprint density at radius 3 is 1.72 bits per heavy atom. The molecule has 0 saturated heterocycles. The van der Waals surface area contributed by atoms with Gasteiger partial charge in [-0.2, -0.15) is 0 Å². The van der Waals surface area contributed by atoms with E-state index in [1.165, 1.54) is 0 Å². The Bertz CT molecular complexity index is 702. The average Bonchev–Trinajstić information content (AvgIpc) is 2.69. The van der Waals surface area contributed by atoms with E-state index in [1.807, 2.05) is 0 Å². The molecule has 15 nitrogen and oxygen atoms in total. The Morgan fingerprint density at radius 2 is 1.25 bits per heavy atom. The molecule has 0 heterocycles. The number of carboxylic acid groups (broad SMARTS) is 1. The summed E-state index contributed by atoms with van der Waals surface area (Å²) in [4.78, 5) is 70.3. The van der Waals surface area contributed by atoms with E-state index >= 15 is 0 Å². The highest BCUT2D eigenvalue weighted by atomic mass is 16.4. The summed E-state index contributed by atoms with van der Waals surface area (Å²) in [7, 11) is 0. The second-order valence-corrected chi connectivity index (χ2v) is 6.94. The van der Waals surface area contributed by atoms with Crippen LogP contribution in [0.3, 0.4) is 0 Å². The van der Waals surface area contributed by atoms with Crippen LogP contribution in [0.4, 0.5) is 0 Å². The van der Waals surface area contributed by atoms with Crippen molar-refractivity contribution in [1.29, 1.82) is 0 Å². The van der Waals surface area contributed by atoms with Crippen LogP contribution >= 0.6 is 0 Å². The Morgan fingerprint density at radius 1 is 0.750 bits per heavy atom. The molecule has 4 atom stereocenters. The Hall–Kier alpha value is -3.30. The van der Waals surface area contributed by atoms with Gasteiger partial charge < -0.3 is 49.1 Å². The summed E-state index contributed by atoms with van der Waals surface area (Å²) in [5, 5.41) is 25.1. The predicted molar refractivity (Wildman–Crippen MR) is 109 cm³/mol. The summed E-state index contributed by atoms with van der Waals surface area (Å²) in [5.41, 5.74) is 20.8. The second kappa shape index (κ2) is 14.7. The number of aliphatic hydroxyl groups is 1. The molecule has 0 aromatic carbocycles. The highest BCUT2D eigenvalue weighted by Crippen LogP contribution is 2.02. The second-order valence-electron chi connectivity index (χ2n) is 6.94. The fourth-order valence-electron chi connectivity index (χ4n) is 2.49. The van der Waals surface area contributed by atoms with Crippen LogP contribution in [0.5, 0.6) is 0 Å². The first-order valence-corrected chi connectivity index (χ1v) is 9.69. The Kier molecular flexibility index (Phi) is 13.1. The molecule has 0 aliphatic carbocycles. The van der Waals surface area contributed by atoms with Crippen molar-refractivity contribution in [2.24, 2.45) is 22.9 Å². The van der Waals surface area contributed by atoms with Crippen LogP contribution in [0.15, 0.2) is 0 Å². The van der Waals surface area contributed by atoms with E-state index in [0.29, 0.717) is 19.4 Å². The van der Waals surface area contributed by atoms with Crippen molar-refractivity contribution in [2.45, 2.75) is 56.3 Å². The number of aliphatic carboxylic acids is 1. The van der Waals surface area contributed by atoms with E-state index in [9.17, 15) is 39.0 Å². The molecule has 4 unspecified atom stereocenters. The molecule has 0 rings (SSSR count). The van der Waals surface area contributed by atoms with Crippen LogP contribution in [-0.2, 0) is 28.8 Å². The number of unbranched alkanes of at least 4 members (excludes halogenated alkanes) is 1. The van der Waals surface area contributed by atoms with E-state index in [1.54, 1.807) is 0 Å². The van der Waals surface area contributed by atoms with E-state index < -0.39 is 79.1 Å². The quantitative estimate of drug-likeness (QED) is 0.0983. The molecule has 5 amide bonds. The van der Waals surface area contributed by atoms with E-state index in [4.69, 9.17) is 22.9 Å². The van der Waals surface area contributed by atoms with Gasteiger partial charge in [0.15, 0.2) is 0 Å². The third kappa shape index (κ3) is 11.2. The number of carbonyl (C=O) groups excluding carboxylic acids is 5. The molecule has 0 saturated carbocycles. The predicted octanol–water partition coefficient (Wildman–Crippen LogP) is -5.28. The first-order chi connectivity index (χ1) is 14.9. The molecular weight excluding hydrogens is 430 g/mol. The standard InChI is InChI=1S/C17H31N7O8/c18-4-2-1-3-9(17(31)32)22-16(30)11(7-25)24-15(29)10(6-13(21)27)23-14(28)8(19)5-12(20)26/h8-11,25H,1-7,18-19H2,(H2,20,26)(H2,21,27)(H,22,30)(H,23,28)(H,24,29)(H,31,32). The first-order valence-electron chi connectivity index (χ1n) is 9.69. The Balaban J connectivity index is 5.21. The van der Waals surface area contributed by atoms with Crippen LogP contribution in [0.1, 0.15) is 32.1 Å². The number of aliphatic hydroxyl groups excluding tert-OH is 1. The van der Waals surface area contributed by atoms with Crippen molar-refractivity contribution < 1.29 is 39.0 Å². The molecule has 182 valence electrons. The highest BCUT2D eigenvalue weighted by molar-refractivity contribution is 5.96. The summed E-state index contributed by atoms with van der Waals surface area (Å²) in [6.07, 6.45) is -0.187. The van der Waals surface area contributed by atoms with Crippen molar-refractivity contribution in [3.63, 3.8) is 0 Å². The molecule has 0 spiro atoms. The number of hydrogen-bond acceptors (Lipinski definition) is 9. The van der Waals surface area contributed by atoms with Crippen LogP contribution in [0.2, 0.25) is 0 Å². The number of hydrogen-bond donors (Lipinski definition) is 9. The molecule has 13 N–H and O–H groups in total. The van der Waals surface area contributed by atoms with Crippen molar-refractivity contribution in [3.05, 3.63) is 0 Å². The molecule has 0 aromatic rings. The molecule has 0 radical (unpaired) electrons. The zero-order valence-corrected chi connectivity index (χ0v) is 17.4. The number of nitrogens with two attached hydrogens (primary N) is 4. The average molecular weight is 461 g/mol. The number of carbonyl (C=O) groups is 6. The molecule has 0 bridgehead atoms. The summed E-state index contributed by atoms with van der Waals surface area (Å²) < 4.78 is 0. The van der Waals surface area contributed by atoms with Crippen LogP contribution in [0.25, 0.3) is 0 Å². The summed E-state index contributed by atoms with van der Waals surface area (Å²) in [6.45, 7) is -0.573. The third-order valence-electron chi connectivity index (χ3n) is 4.17. The fourth-order valence-corrected chi connectivity index (χ4v) is 2.49. The van der Waals surface area contributed by atoms with Crippen molar-refractivity contribution >= 4 is 35.5 Å². The number of rotatable bonds is 16. The lowest BCUT2D eigenvalue weighted by Gasteiger charge is -2.23. The van der Waals surface area contributed by atoms with Gasteiger partial charge in [0.1, 0.15) is 18.1 Å². The van der Waals surface area contributed by atoms with Crippen molar-refractivity contribution in [1.82, 2.24) is 16.0 Å². The minimum Gasteiger partial charge on any atom is -0.480 e. The molecule has 0 fully saturated rings. The molecule has 0 aromatic heterocycles. The molecule has 0 aliphatic rings. The zero-order valence-electron chi connectivity index (χ0n) is 17.4. The van der Waals surface area contributed by atoms with Gasteiger partial charge in [-0.1, -0.05) is 0 Å². The highest BCUT2D eigenvalue weighted by Gasteiger charge is 2.31. The van der Waals surface area contributed by atoms with Crippen LogP contribution in [0, 0.1) is 0 Å². The maximum Gasteiger partial charge on any atom is 0.326 e. The molecule has 15 heteroatoms. The number of primary amides is 2. The monoisotopic (exact) mass is 461 g/mol. The Labute approximate surface area is 183 Å². The number of amides is 5. The fraction of sp³-hybridized carbons (Fsp3) is 0.647. The summed E-state index contributed by atoms with van der Waals surface area (Å²) >= 11 is 0. The lowest BCUT2D eigenvalue weighted by atomic mass is 10.1. The first kappa shape index (κ1) is 28.7. The summed E-state index contributed by atoms with van der Waals surface area (Å²) in [6, 6.07) is -5.86. The van der Waals surface area contributed by atoms with E-state index in [-0.39, 0.29) is 6.42 Å². The third-order valence-corrected chi connectivity index (χ3v) is 4.17.